The number of anilines is 1. The highest BCUT2D eigenvalue weighted by Gasteiger charge is 2.19. The van der Waals surface area contributed by atoms with E-state index in [-0.39, 0.29) is 18.7 Å². The summed E-state index contributed by atoms with van der Waals surface area (Å²) in [4.78, 5) is 22.3. The Morgan fingerprint density at radius 1 is 1.42 bits per heavy atom. The minimum atomic E-state index is -1.26. The number of carbonyl (C=O) groups is 2. The van der Waals surface area contributed by atoms with Gasteiger partial charge in [0.25, 0.3) is 0 Å². The quantitative estimate of drug-likeness (QED) is 0.656. The number of halogens is 2. The van der Waals surface area contributed by atoms with Gasteiger partial charge in [-0.05, 0) is 34.1 Å². The predicted molar refractivity (Wildman–Crippen MR) is 69.4 cm³/mol. The van der Waals surface area contributed by atoms with Crippen LogP contribution in [0.4, 0.5) is 14.9 Å². The van der Waals surface area contributed by atoms with Gasteiger partial charge in [-0.2, -0.15) is 0 Å². The van der Waals surface area contributed by atoms with E-state index in [2.05, 4.69) is 26.6 Å². The molecule has 0 saturated carbocycles. The molecule has 0 aliphatic heterocycles. The van der Waals surface area contributed by atoms with E-state index in [0.717, 1.165) is 6.07 Å². The SMILES string of the molecule is O=C(Nc1cc(F)ccc1Br)N[C@H](CCO)C(=O)O. The number of amides is 2. The van der Waals surface area contributed by atoms with Crippen LogP contribution in [0.1, 0.15) is 6.42 Å². The molecule has 8 heteroatoms. The van der Waals surface area contributed by atoms with Gasteiger partial charge in [-0.3, -0.25) is 0 Å². The van der Waals surface area contributed by atoms with Gasteiger partial charge in [0.2, 0.25) is 0 Å². The first-order valence-electron chi connectivity index (χ1n) is 5.30. The van der Waals surface area contributed by atoms with E-state index in [0.29, 0.717) is 4.47 Å². The van der Waals surface area contributed by atoms with E-state index in [9.17, 15) is 14.0 Å². The molecule has 1 aromatic carbocycles. The van der Waals surface area contributed by atoms with Gasteiger partial charge in [0, 0.05) is 17.5 Å². The maximum atomic E-state index is 13.0. The molecule has 0 unspecified atom stereocenters. The van der Waals surface area contributed by atoms with Crippen LogP contribution in [0.25, 0.3) is 0 Å². The molecule has 0 aliphatic rings. The molecule has 1 rings (SSSR count). The van der Waals surface area contributed by atoms with Gasteiger partial charge in [-0.25, -0.2) is 14.0 Å². The van der Waals surface area contributed by atoms with Crippen LogP contribution in [-0.2, 0) is 4.79 Å². The van der Waals surface area contributed by atoms with Crippen LogP contribution < -0.4 is 10.6 Å². The van der Waals surface area contributed by atoms with E-state index in [1.165, 1.54) is 12.1 Å². The first-order valence-corrected chi connectivity index (χ1v) is 6.09. The summed E-state index contributed by atoms with van der Waals surface area (Å²) in [6.45, 7) is -0.374. The van der Waals surface area contributed by atoms with Gasteiger partial charge < -0.3 is 20.8 Å². The van der Waals surface area contributed by atoms with Crippen LogP contribution in [0.2, 0.25) is 0 Å². The topological polar surface area (TPSA) is 98.7 Å². The lowest BCUT2D eigenvalue weighted by Gasteiger charge is -2.14. The molecule has 1 aromatic rings. The first-order chi connectivity index (χ1) is 8.93. The highest BCUT2D eigenvalue weighted by molar-refractivity contribution is 9.10. The summed E-state index contributed by atoms with van der Waals surface area (Å²) < 4.78 is 13.4. The summed E-state index contributed by atoms with van der Waals surface area (Å²) in [5, 5.41) is 21.9. The van der Waals surface area contributed by atoms with Crippen LogP contribution in [-0.4, -0.2) is 34.9 Å². The maximum absolute atomic E-state index is 13.0. The second kappa shape index (κ2) is 7.05. The van der Waals surface area contributed by atoms with E-state index in [4.69, 9.17) is 10.2 Å². The van der Waals surface area contributed by atoms with E-state index >= 15 is 0 Å². The van der Waals surface area contributed by atoms with Gasteiger partial charge >= 0.3 is 12.0 Å². The molecule has 0 fully saturated rings. The fraction of sp³-hybridized carbons (Fsp3) is 0.273. The Kier molecular flexibility index (Phi) is 5.71. The molecule has 6 nitrogen and oxygen atoms in total. The normalized spacial score (nSPS) is 11.7. The number of hydrogen-bond donors (Lipinski definition) is 4. The van der Waals surface area contributed by atoms with Gasteiger partial charge in [0.15, 0.2) is 0 Å². The van der Waals surface area contributed by atoms with Crippen LogP contribution in [0, 0.1) is 5.82 Å². The second-order valence-corrected chi connectivity index (χ2v) is 4.48. The predicted octanol–water partition coefficient (Wildman–Crippen LogP) is 1.55. The first kappa shape index (κ1) is 15.4. The molecule has 0 aromatic heterocycles. The number of carboxylic acid groups (broad SMARTS) is 1. The Morgan fingerprint density at radius 2 is 2.11 bits per heavy atom. The molecule has 0 saturated heterocycles. The van der Waals surface area contributed by atoms with Crippen LogP contribution in [0.5, 0.6) is 0 Å². The second-order valence-electron chi connectivity index (χ2n) is 3.63. The molecule has 0 spiro atoms. The van der Waals surface area contributed by atoms with Gasteiger partial charge in [-0.15, -0.1) is 0 Å². The van der Waals surface area contributed by atoms with Crippen LogP contribution in [0.3, 0.4) is 0 Å². The van der Waals surface area contributed by atoms with Crippen molar-refractivity contribution >= 4 is 33.6 Å². The van der Waals surface area contributed by atoms with E-state index in [1.807, 2.05) is 0 Å². The minimum absolute atomic E-state index is 0.118. The van der Waals surface area contributed by atoms with Crippen molar-refractivity contribution in [3.63, 3.8) is 0 Å². The molecular weight excluding hydrogens is 323 g/mol. The summed E-state index contributed by atoms with van der Waals surface area (Å²) in [5.74, 6) is -1.80. The van der Waals surface area contributed by atoms with Crippen molar-refractivity contribution in [2.45, 2.75) is 12.5 Å². The molecule has 0 bridgehead atoms. The minimum Gasteiger partial charge on any atom is -0.480 e. The van der Waals surface area contributed by atoms with Gasteiger partial charge in [0.05, 0.1) is 5.69 Å². The Labute approximate surface area is 116 Å². The lowest BCUT2D eigenvalue weighted by molar-refractivity contribution is -0.139. The largest absolute Gasteiger partial charge is 0.480 e. The van der Waals surface area contributed by atoms with Gasteiger partial charge in [0.1, 0.15) is 11.9 Å². The fourth-order valence-electron chi connectivity index (χ4n) is 1.30. The lowest BCUT2D eigenvalue weighted by Crippen LogP contribution is -2.43. The van der Waals surface area contributed by atoms with Crippen molar-refractivity contribution in [2.24, 2.45) is 0 Å². The number of carbonyl (C=O) groups excluding carboxylic acids is 1. The highest BCUT2D eigenvalue weighted by Crippen LogP contribution is 2.22. The monoisotopic (exact) mass is 334 g/mol. The molecule has 1 atom stereocenters. The summed E-state index contributed by atoms with van der Waals surface area (Å²) in [6, 6.07) is 1.70. The Morgan fingerprint density at radius 3 is 2.68 bits per heavy atom. The third-order valence-electron chi connectivity index (χ3n) is 2.20. The number of rotatable bonds is 5. The molecule has 0 aliphatic carbocycles. The zero-order valence-electron chi connectivity index (χ0n) is 9.69. The molecule has 0 heterocycles. The molecule has 0 radical (unpaired) electrons. The molecule has 19 heavy (non-hydrogen) atoms. The van der Waals surface area contributed by atoms with Crippen molar-refractivity contribution in [2.75, 3.05) is 11.9 Å². The number of hydrogen-bond acceptors (Lipinski definition) is 3. The van der Waals surface area contributed by atoms with E-state index in [1.54, 1.807) is 0 Å². The molecular formula is C11H12BrFN2O4. The molecule has 2 amide bonds. The summed E-state index contributed by atoms with van der Waals surface area (Å²) >= 11 is 3.12. The van der Waals surface area contributed by atoms with E-state index < -0.39 is 23.9 Å². The molecule has 104 valence electrons. The van der Waals surface area contributed by atoms with Crippen molar-refractivity contribution in [1.82, 2.24) is 5.32 Å². The number of aliphatic carboxylic acids is 1. The molecule has 4 N–H and O–H groups in total. The third kappa shape index (κ3) is 4.84. The number of benzene rings is 1. The summed E-state index contributed by atoms with van der Waals surface area (Å²) in [7, 11) is 0. The average molecular weight is 335 g/mol. The number of nitrogens with one attached hydrogen (secondary N) is 2. The standard InChI is InChI=1S/C11H12BrFN2O4/c12-7-2-1-6(13)5-9(7)15-11(19)14-8(3-4-16)10(17)18/h1-2,5,8,16H,3-4H2,(H,17,18)(H2,14,15,19)/t8-/m1/s1. The third-order valence-corrected chi connectivity index (χ3v) is 2.89. The lowest BCUT2D eigenvalue weighted by atomic mass is 10.2. The van der Waals surface area contributed by atoms with Crippen LogP contribution >= 0.6 is 15.9 Å². The zero-order chi connectivity index (χ0) is 14.4. The number of aliphatic hydroxyl groups excluding tert-OH is 1. The van der Waals surface area contributed by atoms with Crippen molar-refractivity contribution in [1.29, 1.82) is 0 Å². The number of carboxylic acids is 1. The Hall–Kier alpha value is -1.67. The smallest absolute Gasteiger partial charge is 0.326 e. The Balaban J connectivity index is 2.68. The van der Waals surface area contributed by atoms with Crippen molar-refractivity contribution < 1.29 is 24.2 Å². The fourth-order valence-corrected chi connectivity index (χ4v) is 1.64. The van der Waals surface area contributed by atoms with Crippen molar-refractivity contribution in [3.05, 3.63) is 28.5 Å². The number of aliphatic hydroxyl groups is 1. The van der Waals surface area contributed by atoms with Gasteiger partial charge in [-0.1, -0.05) is 0 Å². The zero-order valence-corrected chi connectivity index (χ0v) is 11.3. The summed E-state index contributed by atoms with van der Waals surface area (Å²) in [6.07, 6.45) is -0.118. The van der Waals surface area contributed by atoms with Crippen molar-refractivity contribution in [3.8, 4) is 0 Å². The van der Waals surface area contributed by atoms with Crippen LogP contribution in [0.15, 0.2) is 22.7 Å². The summed E-state index contributed by atoms with van der Waals surface area (Å²) in [5.41, 5.74) is 0.172. The highest BCUT2D eigenvalue weighted by atomic mass is 79.9. The Bertz CT molecular complexity index is 484. The maximum Gasteiger partial charge on any atom is 0.326 e. The average Bonchev–Trinajstić information content (AvgIpc) is 2.33. The number of urea groups is 1.